The zero-order chi connectivity index (χ0) is 13.8. The third kappa shape index (κ3) is 3.30. The van der Waals surface area contributed by atoms with Crippen molar-refractivity contribution in [3.8, 4) is 6.07 Å². The zero-order valence-corrected chi connectivity index (χ0v) is 10.6. The van der Waals surface area contributed by atoms with Crippen LogP contribution < -0.4 is 5.73 Å². The number of nitriles is 1. The fraction of sp³-hybridized carbons (Fsp3) is 0.429. The van der Waals surface area contributed by atoms with Gasteiger partial charge in [-0.05, 0) is 43.6 Å². The fourth-order valence-corrected chi connectivity index (χ4v) is 2.39. The molecule has 0 radical (unpaired) electrons. The molecule has 1 aromatic rings. The summed E-state index contributed by atoms with van der Waals surface area (Å²) in [5.74, 6) is -0.744. The molecule has 2 rings (SSSR count). The van der Waals surface area contributed by atoms with Crippen LogP contribution in [0, 0.1) is 23.1 Å². The zero-order valence-electron chi connectivity index (χ0n) is 10.6. The molecule has 2 N–H and O–H groups in total. The highest BCUT2D eigenvalue weighted by Crippen LogP contribution is 2.19. The minimum Gasteiger partial charge on any atom is -0.369 e. The summed E-state index contributed by atoms with van der Waals surface area (Å²) in [6, 6.07) is 6.43. The van der Waals surface area contributed by atoms with Crippen LogP contribution >= 0.6 is 0 Å². The number of piperidine rings is 1. The number of primary amides is 1. The third-order valence-corrected chi connectivity index (χ3v) is 3.55. The van der Waals surface area contributed by atoms with Crippen molar-refractivity contribution in [1.29, 1.82) is 5.26 Å². The Morgan fingerprint density at radius 2 is 2.16 bits per heavy atom. The minimum atomic E-state index is -0.487. The molecular formula is C14H16FN3O. The van der Waals surface area contributed by atoms with E-state index in [1.807, 2.05) is 6.07 Å². The molecule has 19 heavy (non-hydrogen) atoms. The molecule has 1 amide bonds. The Hall–Kier alpha value is -1.93. The lowest BCUT2D eigenvalue weighted by molar-refractivity contribution is -0.123. The molecule has 0 saturated carbocycles. The van der Waals surface area contributed by atoms with Crippen molar-refractivity contribution in [3.05, 3.63) is 35.1 Å². The van der Waals surface area contributed by atoms with Gasteiger partial charge in [0.05, 0.1) is 5.56 Å². The lowest BCUT2D eigenvalue weighted by atomic mass is 9.96. The summed E-state index contributed by atoms with van der Waals surface area (Å²) in [6.07, 6.45) is 1.53. The maximum Gasteiger partial charge on any atom is 0.220 e. The number of likely N-dealkylation sites (tertiary alicyclic amines) is 1. The molecule has 1 fully saturated rings. The first-order valence-corrected chi connectivity index (χ1v) is 6.30. The predicted octanol–water partition coefficient (Wildman–Crippen LogP) is 1.39. The quantitative estimate of drug-likeness (QED) is 0.894. The van der Waals surface area contributed by atoms with Gasteiger partial charge in [-0.2, -0.15) is 5.26 Å². The predicted molar refractivity (Wildman–Crippen MR) is 68.3 cm³/mol. The molecule has 1 aromatic carbocycles. The highest BCUT2D eigenvalue weighted by Gasteiger charge is 2.23. The smallest absolute Gasteiger partial charge is 0.220 e. The number of hydrogen-bond acceptors (Lipinski definition) is 3. The molecule has 0 unspecified atom stereocenters. The topological polar surface area (TPSA) is 70.1 Å². The van der Waals surface area contributed by atoms with E-state index in [1.54, 1.807) is 12.1 Å². The van der Waals surface area contributed by atoms with Gasteiger partial charge in [0.15, 0.2) is 0 Å². The second-order valence-corrected chi connectivity index (χ2v) is 4.88. The van der Waals surface area contributed by atoms with E-state index in [0.29, 0.717) is 6.54 Å². The Kier molecular flexibility index (Phi) is 4.13. The Morgan fingerprint density at radius 1 is 1.47 bits per heavy atom. The summed E-state index contributed by atoms with van der Waals surface area (Å²) >= 11 is 0. The summed E-state index contributed by atoms with van der Waals surface area (Å²) < 4.78 is 13.2. The molecule has 0 aromatic heterocycles. The summed E-state index contributed by atoms with van der Waals surface area (Å²) in [5, 5.41) is 8.79. The molecule has 100 valence electrons. The molecule has 1 heterocycles. The molecule has 1 aliphatic heterocycles. The molecule has 1 saturated heterocycles. The van der Waals surface area contributed by atoms with E-state index in [-0.39, 0.29) is 17.4 Å². The van der Waals surface area contributed by atoms with E-state index in [9.17, 15) is 9.18 Å². The van der Waals surface area contributed by atoms with Crippen LogP contribution in [0.1, 0.15) is 24.0 Å². The van der Waals surface area contributed by atoms with E-state index in [1.165, 1.54) is 6.07 Å². The van der Waals surface area contributed by atoms with Gasteiger partial charge >= 0.3 is 0 Å². The van der Waals surface area contributed by atoms with Crippen LogP contribution in [0.5, 0.6) is 0 Å². The third-order valence-electron chi connectivity index (χ3n) is 3.55. The Bertz CT molecular complexity index is 516. The molecular weight excluding hydrogens is 245 g/mol. The Labute approximate surface area is 111 Å². The van der Waals surface area contributed by atoms with Crippen LogP contribution in [0.3, 0.4) is 0 Å². The standard InChI is InChI=1S/C14H16FN3O/c15-13-2-1-10(7-12(13)8-16)9-18-5-3-11(4-6-18)14(17)19/h1-2,7,11H,3-6,9H2,(H2,17,19). The fourth-order valence-electron chi connectivity index (χ4n) is 2.39. The Morgan fingerprint density at radius 3 is 2.74 bits per heavy atom. The molecule has 5 heteroatoms. The van der Waals surface area contributed by atoms with Gasteiger partial charge in [-0.3, -0.25) is 9.69 Å². The van der Waals surface area contributed by atoms with E-state index >= 15 is 0 Å². The lowest BCUT2D eigenvalue weighted by Gasteiger charge is -2.30. The maximum absolute atomic E-state index is 13.2. The number of benzene rings is 1. The van der Waals surface area contributed by atoms with E-state index < -0.39 is 5.82 Å². The highest BCUT2D eigenvalue weighted by molar-refractivity contribution is 5.76. The number of carbonyl (C=O) groups excluding carboxylic acids is 1. The van der Waals surface area contributed by atoms with Gasteiger partial charge in [0.1, 0.15) is 11.9 Å². The van der Waals surface area contributed by atoms with Crippen LogP contribution in [-0.4, -0.2) is 23.9 Å². The van der Waals surface area contributed by atoms with Gasteiger partial charge in [0.25, 0.3) is 0 Å². The second-order valence-electron chi connectivity index (χ2n) is 4.88. The summed E-state index contributed by atoms with van der Waals surface area (Å²) in [5.41, 5.74) is 6.27. The largest absolute Gasteiger partial charge is 0.369 e. The van der Waals surface area contributed by atoms with Gasteiger partial charge in [-0.25, -0.2) is 4.39 Å². The molecule has 0 atom stereocenters. The van der Waals surface area contributed by atoms with Gasteiger partial charge < -0.3 is 5.73 Å². The van der Waals surface area contributed by atoms with Crippen LogP contribution in [0.15, 0.2) is 18.2 Å². The number of nitrogens with two attached hydrogens (primary N) is 1. The Balaban J connectivity index is 1.96. The van der Waals surface area contributed by atoms with E-state index in [2.05, 4.69) is 4.90 Å². The number of rotatable bonds is 3. The first-order chi connectivity index (χ1) is 9.10. The van der Waals surface area contributed by atoms with Crippen LogP contribution in [-0.2, 0) is 11.3 Å². The average Bonchev–Trinajstić information content (AvgIpc) is 2.41. The number of carbonyl (C=O) groups is 1. The van der Waals surface area contributed by atoms with Crippen LogP contribution in [0.4, 0.5) is 4.39 Å². The van der Waals surface area contributed by atoms with Crippen molar-refractivity contribution in [3.63, 3.8) is 0 Å². The normalized spacial score (nSPS) is 17.1. The lowest BCUT2D eigenvalue weighted by Crippen LogP contribution is -2.38. The maximum atomic E-state index is 13.2. The first-order valence-electron chi connectivity index (χ1n) is 6.30. The molecule has 0 bridgehead atoms. The van der Waals surface area contributed by atoms with E-state index in [4.69, 9.17) is 11.0 Å². The van der Waals surface area contributed by atoms with Crippen molar-refractivity contribution in [2.75, 3.05) is 13.1 Å². The number of amides is 1. The van der Waals surface area contributed by atoms with Gasteiger partial charge in [0.2, 0.25) is 5.91 Å². The molecule has 0 aliphatic carbocycles. The molecule has 0 spiro atoms. The number of nitrogens with zero attached hydrogens (tertiary/aromatic N) is 2. The van der Waals surface area contributed by atoms with Crippen molar-refractivity contribution in [1.82, 2.24) is 4.90 Å². The summed E-state index contributed by atoms with van der Waals surface area (Å²) in [7, 11) is 0. The van der Waals surface area contributed by atoms with Gasteiger partial charge in [0, 0.05) is 12.5 Å². The SMILES string of the molecule is N#Cc1cc(CN2CCC(C(N)=O)CC2)ccc1F. The van der Waals surface area contributed by atoms with Gasteiger partial charge in [-0.1, -0.05) is 6.07 Å². The minimum absolute atomic E-state index is 0.0286. The molecule has 4 nitrogen and oxygen atoms in total. The summed E-state index contributed by atoms with van der Waals surface area (Å²) in [4.78, 5) is 13.3. The van der Waals surface area contributed by atoms with Crippen LogP contribution in [0.25, 0.3) is 0 Å². The van der Waals surface area contributed by atoms with Gasteiger partial charge in [-0.15, -0.1) is 0 Å². The van der Waals surface area contributed by atoms with Crippen LogP contribution in [0.2, 0.25) is 0 Å². The van der Waals surface area contributed by atoms with Crippen molar-refractivity contribution in [2.24, 2.45) is 11.7 Å². The molecule has 1 aliphatic rings. The van der Waals surface area contributed by atoms with Crippen molar-refractivity contribution >= 4 is 5.91 Å². The monoisotopic (exact) mass is 261 g/mol. The highest BCUT2D eigenvalue weighted by atomic mass is 19.1. The second kappa shape index (κ2) is 5.81. The van der Waals surface area contributed by atoms with Crippen molar-refractivity contribution in [2.45, 2.75) is 19.4 Å². The van der Waals surface area contributed by atoms with Crippen molar-refractivity contribution < 1.29 is 9.18 Å². The number of halogens is 1. The van der Waals surface area contributed by atoms with E-state index in [0.717, 1.165) is 31.5 Å². The average molecular weight is 261 g/mol. The number of hydrogen-bond donors (Lipinski definition) is 1. The first kappa shape index (κ1) is 13.5. The summed E-state index contributed by atoms with van der Waals surface area (Å²) in [6.45, 7) is 2.26.